The number of hydrogen-bond acceptors (Lipinski definition) is 5. The van der Waals surface area contributed by atoms with Crippen LogP contribution < -0.4 is 9.80 Å². The van der Waals surface area contributed by atoms with E-state index >= 15 is 0 Å². The number of amides is 1. The highest BCUT2D eigenvalue weighted by molar-refractivity contribution is 7.90. The van der Waals surface area contributed by atoms with Crippen molar-refractivity contribution in [2.45, 2.75) is 43.7 Å². The molecule has 2 aliphatic rings. The molecule has 33 heavy (non-hydrogen) atoms. The number of furan rings is 1. The van der Waals surface area contributed by atoms with E-state index in [1.54, 1.807) is 18.4 Å². The zero-order valence-electron chi connectivity index (χ0n) is 18.9. The van der Waals surface area contributed by atoms with E-state index in [9.17, 15) is 13.2 Å². The summed E-state index contributed by atoms with van der Waals surface area (Å²) in [5, 5.41) is 0. The zero-order valence-corrected chi connectivity index (χ0v) is 19.7. The van der Waals surface area contributed by atoms with Gasteiger partial charge in [0.2, 0.25) is 5.91 Å². The van der Waals surface area contributed by atoms with Crippen molar-refractivity contribution in [2.24, 2.45) is 5.92 Å². The van der Waals surface area contributed by atoms with E-state index in [2.05, 4.69) is 17.9 Å². The number of benzene rings is 2. The van der Waals surface area contributed by atoms with Gasteiger partial charge in [0.05, 0.1) is 35.1 Å². The van der Waals surface area contributed by atoms with Crippen LogP contribution in [0.15, 0.2) is 70.2 Å². The van der Waals surface area contributed by atoms with Gasteiger partial charge in [0.15, 0.2) is 9.84 Å². The Hall–Kier alpha value is -3.06. The van der Waals surface area contributed by atoms with Crippen LogP contribution in [0.25, 0.3) is 11.1 Å². The Morgan fingerprint density at radius 1 is 1.03 bits per heavy atom. The summed E-state index contributed by atoms with van der Waals surface area (Å²) >= 11 is 0. The Balaban J connectivity index is 1.55. The van der Waals surface area contributed by atoms with Gasteiger partial charge in [-0.05, 0) is 67.3 Å². The van der Waals surface area contributed by atoms with Crippen molar-refractivity contribution >= 4 is 27.1 Å². The summed E-state index contributed by atoms with van der Waals surface area (Å²) in [4.78, 5) is 17.8. The lowest BCUT2D eigenvalue weighted by molar-refractivity contribution is -0.125. The van der Waals surface area contributed by atoms with Gasteiger partial charge in [0.25, 0.3) is 0 Å². The smallest absolute Gasteiger partial charge is 0.230 e. The Morgan fingerprint density at radius 2 is 1.76 bits per heavy atom. The van der Waals surface area contributed by atoms with E-state index in [0.717, 1.165) is 47.5 Å². The first kappa shape index (κ1) is 21.8. The summed E-state index contributed by atoms with van der Waals surface area (Å²) in [6.45, 7) is 3.43. The van der Waals surface area contributed by atoms with Crippen molar-refractivity contribution in [3.8, 4) is 11.1 Å². The van der Waals surface area contributed by atoms with Gasteiger partial charge < -0.3 is 14.2 Å². The molecule has 0 N–H and O–H groups in total. The average molecular weight is 465 g/mol. The second-order valence-electron chi connectivity index (χ2n) is 9.15. The Bertz CT molecular complexity index is 1260. The van der Waals surface area contributed by atoms with E-state index in [-0.39, 0.29) is 17.9 Å². The maximum atomic E-state index is 13.3. The number of carbonyl (C=O) groups excluding carboxylic acids is 1. The third-order valence-electron chi connectivity index (χ3n) is 6.74. The van der Waals surface area contributed by atoms with Crippen LogP contribution >= 0.6 is 0 Å². The number of carbonyl (C=O) groups is 1. The Kier molecular flexibility index (Phi) is 5.52. The predicted molar refractivity (Wildman–Crippen MR) is 129 cm³/mol. The number of sulfone groups is 1. The molecule has 2 aromatic carbocycles. The molecule has 1 atom stereocenters. The first-order chi connectivity index (χ1) is 15.8. The molecule has 0 bridgehead atoms. The largest absolute Gasteiger partial charge is 0.467 e. The molecular formula is C26H28N2O4S. The summed E-state index contributed by atoms with van der Waals surface area (Å²) in [5.74, 6) is 1.22. The molecule has 0 spiro atoms. The highest BCUT2D eigenvalue weighted by Gasteiger charge is 2.37. The second kappa shape index (κ2) is 8.37. The molecule has 0 unspecified atom stereocenters. The quantitative estimate of drug-likeness (QED) is 0.538. The van der Waals surface area contributed by atoms with Crippen LogP contribution in [-0.4, -0.2) is 33.2 Å². The lowest BCUT2D eigenvalue weighted by atomic mass is 9.83. The SMILES string of the molecule is C[C@H]1CN(Cc2ccco2)c2cc(-c3ccc(S(C)(=O)=O)cc3)ccc2N1C(=O)C1CCC1. The Labute approximate surface area is 194 Å². The third-order valence-corrected chi connectivity index (χ3v) is 7.86. The number of rotatable bonds is 5. The third kappa shape index (κ3) is 4.17. The van der Waals surface area contributed by atoms with Crippen molar-refractivity contribution in [1.82, 2.24) is 0 Å². The molecule has 1 saturated carbocycles. The van der Waals surface area contributed by atoms with Crippen LogP contribution in [-0.2, 0) is 21.2 Å². The highest BCUT2D eigenvalue weighted by atomic mass is 32.2. The zero-order chi connectivity index (χ0) is 23.2. The summed E-state index contributed by atoms with van der Waals surface area (Å²) < 4.78 is 29.3. The van der Waals surface area contributed by atoms with Crippen LogP contribution in [0, 0.1) is 5.92 Å². The molecule has 5 rings (SSSR count). The molecule has 1 aliphatic heterocycles. The maximum Gasteiger partial charge on any atom is 0.230 e. The van der Waals surface area contributed by atoms with Gasteiger partial charge in [-0.2, -0.15) is 0 Å². The van der Waals surface area contributed by atoms with Gasteiger partial charge >= 0.3 is 0 Å². The van der Waals surface area contributed by atoms with E-state index in [0.29, 0.717) is 18.0 Å². The van der Waals surface area contributed by atoms with Crippen LogP contribution in [0.5, 0.6) is 0 Å². The molecule has 1 amide bonds. The first-order valence-electron chi connectivity index (χ1n) is 11.4. The van der Waals surface area contributed by atoms with Gasteiger partial charge in [-0.1, -0.05) is 24.6 Å². The number of anilines is 2. The van der Waals surface area contributed by atoms with E-state index in [1.165, 1.54) is 6.26 Å². The molecule has 1 fully saturated rings. The van der Waals surface area contributed by atoms with Crippen molar-refractivity contribution in [2.75, 3.05) is 22.6 Å². The standard InChI is InChI=1S/C26H28N2O4S/c1-18-16-27(17-22-7-4-14-32-22)25-15-21(19-8-11-23(12-9-19)33(2,30)31)10-13-24(25)28(18)26(29)20-5-3-6-20/h4,7-15,18,20H,3,5-6,16-17H2,1-2H3/t18-/m0/s1. The van der Waals surface area contributed by atoms with Gasteiger partial charge in [0.1, 0.15) is 5.76 Å². The summed E-state index contributed by atoms with van der Waals surface area (Å²) in [5.41, 5.74) is 3.82. The van der Waals surface area contributed by atoms with Crippen LogP contribution in [0.3, 0.4) is 0 Å². The molecule has 3 aromatic rings. The lowest BCUT2D eigenvalue weighted by Crippen LogP contribution is -2.52. The topological polar surface area (TPSA) is 70.8 Å². The van der Waals surface area contributed by atoms with Crippen LogP contribution in [0.2, 0.25) is 0 Å². The molecule has 6 nitrogen and oxygen atoms in total. The van der Waals surface area contributed by atoms with Gasteiger partial charge in [-0.25, -0.2) is 8.42 Å². The van der Waals surface area contributed by atoms with Crippen LogP contribution in [0.4, 0.5) is 11.4 Å². The van der Waals surface area contributed by atoms with Gasteiger partial charge in [-0.3, -0.25) is 4.79 Å². The maximum absolute atomic E-state index is 13.3. The minimum atomic E-state index is -3.24. The number of nitrogens with zero attached hydrogens (tertiary/aromatic N) is 2. The highest BCUT2D eigenvalue weighted by Crippen LogP contribution is 2.42. The Morgan fingerprint density at radius 3 is 2.36 bits per heavy atom. The molecule has 0 radical (unpaired) electrons. The predicted octanol–water partition coefficient (Wildman–Crippen LogP) is 4.89. The normalized spacial score (nSPS) is 18.7. The minimum Gasteiger partial charge on any atom is -0.467 e. The number of hydrogen-bond donors (Lipinski definition) is 0. The minimum absolute atomic E-state index is 0.0560. The average Bonchev–Trinajstić information content (AvgIpc) is 3.25. The summed E-state index contributed by atoms with van der Waals surface area (Å²) in [6.07, 6.45) is 5.95. The fraction of sp³-hybridized carbons (Fsp3) is 0.346. The molecule has 2 heterocycles. The van der Waals surface area contributed by atoms with Crippen molar-refractivity contribution in [3.63, 3.8) is 0 Å². The monoisotopic (exact) mass is 464 g/mol. The summed E-state index contributed by atoms with van der Waals surface area (Å²) in [7, 11) is -3.24. The van der Waals surface area contributed by atoms with E-state index < -0.39 is 9.84 Å². The molecule has 0 saturated heterocycles. The van der Waals surface area contributed by atoms with E-state index in [1.807, 2.05) is 41.3 Å². The van der Waals surface area contributed by atoms with Crippen molar-refractivity contribution < 1.29 is 17.6 Å². The van der Waals surface area contributed by atoms with Crippen molar-refractivity contribution in [3.05, 3.63) is 66.6 Å². The van der Waals surface area contributed by atoms with E-state index in [4.69, 9.17) is 4.42 Å². The van der Waals surface area contributed by atoms with Crippen molar-refractivity contribution in [1.29, 1.82) is 0 Å². The molecule has 1 aromatic heterocycles. The fourth-order valence-electron chi connectivity index (χ4n) is 4.72. The number of fused-ring (bicyclic) bond motifs is 1. The fourth-order valence-corrected chi connectivity index (χ4v) is 5.35. The lowest BCUT2D eigenvalue weighted by Gasteiger charge is -2.44. The molecule has 172 valence electrons. The first-order valence-corrected chi connectivity index (χ1v) is 13.3. The van der Waals surface area contributed by atoms with Crippen LogP contribution in [0.1, 0.15) is 31.9 Å². The van der Waals surface area contributed by atoms with Gasteiger partial charge in [-0.15, -0.1) is 0 Å². The second-order valence-corrected chi connectivity index (χ2v) is 11.2. The molecular weight excluding hydrogens is 436 g/mol. The molecule has 7 heteroatoms. The van der Waals surface area contributed by atoms with Gasteiger partial charge in [0, 0.05) is 18.7 Å². The molecule has 1 aliphatic carbocycles. The summed E-state index contributed by atoms with van der Waals surface area (Å²) in [6, 6.07) is 17.0.